The van der Waals surface area contributed by atoms with Gasteiger partial charge in [0, 0.05) is 0 Å². The van der Waals surface area contributed by atoms with Gasteiger partial charge in [-0.05, 0) is 39.8 Å². The second-order valence-electron chi connectivity index (χ2n) is 8.62. The number of esters is 1. The lowest BCUT2D eigenvalue weighted by molar-refractivity contribution is -0.149. The van der Waals surface area contributed by atoms with E-state index in [-0.39, 0.29) is 5.75 Å². The van der Waals surface area contributed by atoms with Gasteiger partial charge in [-0.3, -0.25) is 19.1 Å². The molecule has 1 aliphatic heterocycles. The molecule has 198 valence electrons. The van der Waals surface area contributed by atoms with Crippen LogP contribution in [0.5, 0.6) is 5.75 Å². The van der Waals surface area contributed by atoms with Crippen LogP contribution in [0.3, 0.4) is 0 Å². The smallest absolute Gasteiger partial charge is 0.459 e. The first-order valence-electron chi connectivity index (χ1n) is 11.0. The van der Waals surface area contributed by atoms with Crippen molar-refractivity contribution in [3.05, 3.63) is 57.4 Å². The van der Waals surface area contributed by atoms with E-state index < -0.39 is 67.8 Å². The molecule has 14 nitrogen and oxygen atoms in total. The number of para-hydroxylation sites is 1. The number of ether oxygens (including phenoxy) is 2. The molecule has 1 aromatic carbocycles. The zero-order valence-electron chi connectivity index (χ0n) is 20.1. The summed E-state index contributed by atoms with van der Waals surface area (Å²) in [5, 5.41) is 27.6. The Morgan fingerprint density at radius 3 is 2.58 bits per heavy atom. The molecule has 2 heterocycles. The van der Waals surface area contributed by atoms with Gasteiger partial charge < -0.3 is 24.2 Å². The van der Waals surface area contributed by atoms with Crippen molar-refractivity contribution in [3.8, 4) is 5.75 Å². The van der Waals surface area contributed by atoms with Crippen LogP contribution < -0.4 is 20.9 Å². The zero-order chi connectivity index (χ0) is 26.7. The molecule has 0 amide bonds. The lowest BCUT2D eigenvalue weighted by atomic mass is 9.97. The molecule has 0 bridgehead atoms. The number of H-pyrrole nitrogens is 1. The number of aliphatic hydroxyl groups is 2. The van der Waals surface area contributed by atoms with Crippen LogP contribution in [0.25, 0.3) is 0 Å². The molecule has 1 saturated heterocycles. The second kappa shape index (κ2) is 11.0. The summed E-state index contributed by atoms with van der Waals surface area (Å²) in [4.78, 5) is 37.7. The Morgan fingerprint density at radius 1 is 1.31 bits per heavy atom. The highest BCUT2D eigenvalue weighted by molar-refractivity contribution is 7.52. The van der Waals surface area contributed by atoms with Gasteiger partial charge in [0.25, 0.3) is 5.56 Å². The number of benzene rings is 1. The average molecular weight is 528 g/mol. The van der Waals surface area contributed by atoms with E-state index in [1.807, 2.05) is 4.98 Å². The van der Waals surface area contributed by atoms with Gasteiger partial charge in [-0.1, -0.05) is 18.2 Å². The Hall–Kier alpha value is -2.87. The first-order valence-corrected chi connectivity index (χ1v) is 12.6. The Morgan fingerprint density at radius 2 is 1.97 bits per heavy atom. The molecule has 0 unspecified atom stereocenters. The maximum atomic E-state index is 13.6. The number of rotatable bonds is 10. The molecule has 1 aliphatic rings. The number of carbonyl (C=O) groups is 1. The van der Waals surface area contributed by atoms with Crippen molar-refractivity contribution < 1.29 is 38.1 Å². The van der Waals surface area contributed by atoms with E-state index in [2.05, 4.69) is 10.2 Å². The van der Waals surface area contributed by atoms with Crippen molar-refractivity contribution in [2.75, 3.05) is 6.61 Å². The highest BCUT2D eigenvalue weighted by Gasteiger charge is 2.54. The van der Waals surface area contributed by atoms with E-state index in [0.717, 1.165) is 6.20 Å². The Kier molecular flexibility index (Phi) is 8.49. The number of carbonyl (C=O) groups excluding carboxylic acids is 1. The predicted molar refractivity (Wildman–Crippen MR) is 124 cm³/mol. The van der Waals surface area contributed by atoms with Gasteiger partial charge in [0.1, 0.15) is 35.8 Å². The predicted octanol–water partition coefficient (Wildman–Crippen LogP) is 0.0743. The summed E-state index contributed by atoms with van der Waals surface area (Å²) in [5.74, 6) is -0.534. The molecule has 6 atom stereocenters. The molecule has 4 N–H and O–H groups in total. The molecular formula is C21H29N4O10P. The molecule has 0 aliphatic carbocycles. The molecule has 1 aromatic heterocycles. The SMILES string of the molecule is CC(C)OC(=O)[C@H](C)N[P@](=O)(OC[C@H]1O[C@@H](n2ncc(=O)[nH]c2=O)[C@](C)(O)[C@@H]1O)Oc1ccccc1. The van der Waals surface area contributed by atoms with Crippen LogP contribution >= 0.6 is 7.75 Å². The van der Waals surface area contributed by atoms with Crippen LogP contribution in [0.2, 0.25) is 0 Å². The molecule has 0 saturated carbocycles. The van der Waals surface area contributed by atoms with E-state index in [9.17, 15) is 29.2 Å². The molecule has 0 radical (unpaired) electrons. The van der Waals surface area contributed by atoms with Crippen molar-refractivity contribution in [1.29, 1.82) is 0 Å². The average Bonchev–Trinajstić information content (AvgIpc) is 3.01. The number of aliphatic hydroxyl groups excluding tert-OH is 1. The minimum atomic E-state index is -4.28. The molecule has 36 heavy (non-hydrogen) atoms. The van der Waals surface area contributed by atoms with Gasteiger partial charge in [0.2, 0.25) is 0 Å². The number of hydrogen-bond donors (Lipinski definition) is 4. The summed E-state index contributed by atoms with van der Waals surface area (Å²) in [6.07, 6.45) is -4.05. The van der Waals surface area contributed by atoms with Crippen molar-refractivity contribution in [1.82, 2.24) is 19.9 Å². The van der Waals surface area contributed by atoms with Crippen LogP contribution in [0.1, 0.15) is 33.9 Å². The summed E-state index contributed by atoms with van der Waals surface area (Å²) in [7, 11) is -4.28. The number of aromatic amines is 1. The fraction of sp³-hybridized carbons (Fsp3) is 0.524. The largest absolute Gasteiger partial charge is 0.462 e. The minimum Gasteiger partial charge on any atom is -0.462 e. The second-order valence-corrected chi connectivity index (χ2v) is 10.3. The first kappa shape index (κ1) is 27.7. The normalized spacial score (nSPS) is 26.4. The van der Waals surface area contributed by atoms with Crippen molar-refractivity contribution in [2.24, 2.45) is 0 Å². The lowest BCUT2D eigenvalue weighted by Gasteiger charge is -2.26. The number of aromatic nitrogens is 3. The third-order valence-electron chi connectivity index (χ3n) is 5.15. The Balaban J connectivity index is 1.80. The van der Waals surface area contributed by atoms with Crippen molar-refractivity contribution in [3.63, 3.8) is 0 Å². The monoisotopic (exact) mass is 528 g/mol. The van der Waals surface area contributed by atoms with Crippen molar-refractivity contribution >= 4 is 13.7 Å². The van der Waals surface area contributed by atoms with Crippen LogP contribution in [0, 0.1) is 0 Å². The van der Waals surface area contributed by atoms with E-state index in [0.29, 0.717) is 4.68 Å². The molecule has 1 fully saturated rings. The molecule has 15 heteroatoms. The Labute approximate surface area is 205 Å². The number of nitrogens with one attached hydrogen (secondary N) is 2. The highest BCUT2D eigenvalue weighted by atomic mass is 31.2. The minimum absolute atomic E-state index is 0.166. The lowest BCUT2D eigenvalue weighted by Crippen LogP contribution is -2.47. The maximum absolute atomic E-state index is 13.6. The summed E-state index contributed by atoms with van der Waals surface area (Å²) >= 11 is 0. The van der Waals surface area contributed by atoms with Gasteiger partial charge in [-0.2, -0.15) is 14.9 Å². The fourth-order valence-electron chi connectivity index (χ4n) is 3.37. The third-order valence-corrected chi connectivity index (χ3v) is 6.79. The van der Waals surface area contributed by atoms with Crippen LogP contribution in [-0.2, 0) is 23.4 Å². The summed E-state index contributed by atoms with van der Waals surface area (Å²) in [6, 6.07) is 6.92. The van der Waals surface area contributed by atoms with E-state index in [1.165, 1.54) is 26.0 Å². The van der Waals surface area contributed by atoms with Crippen LogP contribution in [-0.4, -0.2) is 67.5 Å². The van der Waals surface area contributed by atoms with Gasteiger partial charge in [-0.15, -0.1) is 0 Å². The van der Waals surface area contributed by atoms with E-state index in [1.54, 1.807) is 32.0 Å². The van der Waals surface area contributed by atoms with E-state index >= 15 is 0 Å². The standard InChI is InChI=1S/C21H29N4O10P/c1-12(2)33-18(28)13(3)24-36(31,35-14-8-6-5-7-9-14)32-11-15-17(27)21(4,30)19(34-15)25-20(29)23-16(26)10-22-25/h5-10,12-13,15,17,19,27,30H,11H2,1-4H3,(H,24,31)(H,23,26,29)/t13-,15+,17+,19+,21+,36-/m0/s1. The van der Waals surface area contributed by atoms with Gasteiger partial charge in [-0.25, -0.2) is 9.36 Å². The number of hydrogen-bond acceptors (Lipinski definition) is 11. The molecule has 3 rings (SSSR count). The third kappa shape index (κ3) is 6.46. The maximum Gasteiger partial charge on any atom is 0.459 e. The van der Waals surface area contributed by atoms with Gasteiger partial charge in [0.15, 0.2) is 6.23 Å². The summed E-state index contributed by atoms with van der Waals surface area (Å²) in [5.41, 5.74) is -3.78. The topological polar surface area (TPSA) is 191 Å². The quantitative estimate of drug-likeness (QED) is 0.240. The Bertz CT molecular complexity index is 1210. The highest BCUT2D eigenvalue weighted by Crippen LogP contribution is 2.46. The summed E-state index contributed by atoms with van der Waals surface area (Å²) < 4.78 is 36.0. The number of nitrogens with zero attached hydrogens (tertiary/aromatic N) is 2. The van der Waals surface area contributed by atoms with Gasteiger partial charge in [0.05, 0.1) is 12.7 Å². The fourth-order valence-corrected chi connectivity index (χ4v) is 4.87. The molecule has 2 aromatic rings. The van der Waals surface area contributed by atoms with Crippen LogP contribution in [0.4, 0.5) is 0 Å². The van der Waals surface area contributed by atoms with Crippen LogP contribution in [0.15, 0.2) is 46.1 Å². The molecule has 0 spiro atoms. The van der Waals surface area contributed by atoms with Gasteiger partial charge >= 0.3 is 19.4 Å². The zero-order valence-corrected chi connectivity index (χ0v) is 21.0. The first-order chi connectivity index (χ1) is 16.8. The van der Waals surface area contributed by atoms with E-state index in [4.69, 9.17) is 18.5 Å². The molecular weight excluding hydrogens is 499 g/mol. The summed E-state index contributed by atoms with van der Waals surface area (Å²) in [6.45, 7) is 5.33. The van der Waals surface area contributed by atoms with Crippen molar-refractivity contribution in [2.45, 2.75) is 63.9 Å².